The van der Waals surface area contributed by atoms with E-state index in [4.69, 9.17) is 5.73 Å². The van der Waals surface area contributed by atoms with E-state index in [0.29, 0.717) is 0 Å². The Labute approximate surface area is 118 Å². The van der Waals surface area contributed by atoms with Crippen LogP contribution in [-0.2, 0) is 6.42 Å². The monoisotopic (exact) mass is 263 g/mol. The van der Waals surface area contributed by atoms with E-state index in [1.165, 1.54) is 16.5 Å². The first-order chi connectivity index (χ1) is 9.84. The Morgan fingerprint density at radius 2 is 1.85 bits per heavy atom. The molecule has 3 heteroatoms. The van der Waals surface area contributed by atoms with Crippen molar-refractivity contribution >= 4 is 10.8 Å². The molecule has 3 rings (SSSR count). The standard InChI is InChI=1S/C17H17N3/c18-17(7-6-13-3-2-9-19-11-13)16-5-1-4-14-12-20-10-8-15(14)16/h1-5,8-12,17H,6-7,18H2. The normalized spacial score (nSPS) is 12.4. The number of aryl methyl sites for hydroxylation is 1. The summed E-state index contributed by atoms with van der Waals surface area (Å²) in [4.78, 5) is 8.29. The fourth-order valence-electron chi connectivity index (χ4n) is 2.49. The lowest BCUT2D eigenvalue weighted by Crippen LogP contribution is -2.12. The number of hydrogen-bond acceptors (Lipinski definition) is 3. The maximum absolute atomic E-state index is 6.37. The molecule has 2 heterocycles. The van der Waals surface area contributed by atoms with Gasteiger partial charge in [-0.25, -0.2) is 0 Å². The molecule has 2 N–H and O–H groups in total. The van der Waals surface area contributed by atoms with Crippen molar-refractivity contribution in [1.82, 2.24) is 9.97 Å². The van der Waals surface area contributed by atoms with Crippen LogP contribution < -0.4 is 5.73 Å². The second-order valence-electron chi connectivity index (χ2n) is 4.95. The average Bonchev–Trinajstić information content (AvgIpc) is 2.53. The van der Waals surface area contributed by atoms with Crippen molar-refractivity contribution in [2.75, 3.05) is 0 Å². The zero-order valence-corrected chi connectivity index (χ0v) is 11.2. The SMILES string of the molecule is NC(CCc1cccnc1)c1cccc2cnccc12. The first-order valence-electron chi connectivity index (χ1n) is 6.82. The number of aromatic nitrogens is 2. The molecule has 0 fully saturated rings. The third-order valence-corrected chi connectivity index (χ3v) is 3.58. The van der Waals surface area contributed by atoms with Gasteiger partial charge in [-0.2, -0.15) is 0 Å². The maximum Gasteiger partial charge on any atom is 0.0346 e. The summed E-state index contributed by atoms with van der Waals surface area (Å²) in [7, 11) is 0. The van der Waals surface area contributed by atoms with Gasteiger partial charge in [0.1, 0.15) is 0 Å². The van der Waals surface area contributed by atoms with Crippen molar-refractivity contribution in [1.29, 1.82) is 0 Å². The number of nitrogens with two attached hydrogens (primary N) is 1. The molecule has 3 nitrogen and oxygen atoms in total. The summed E-state index contributed by atoms with van der Waals surface area (Å²) in [5.74, 6) is 0. The third kappa shape index (κ3) is 2.68. The van der Waals surface area contributed by atoms with E-state index in [1.54, 1.807) is 6.20 Å². The van der Waals surface area contributed by atoms with Gasteiger partial charge < -0.3 is 5.73 Å². The van der Waals surface area contributed by atoms with Gasteiger partial charge in [0.05, 0.1) is 0 Å². The summed E-state index contributed by atoms with van der Waals surface area (Å²) in [6.45, 7) is 0. The molecule has 1 unspecified atom stereocenters. The first-order valence-corrected chi connectivity index (χ1v) is 6.82. The number of pyridine rings is 2. The molecular formula is C17H17N3. The topological polar surface area (TPSA) is 51.8 Å². The Kier molecular flexibility index (Phi) is 3.70. The van der Waals surface area contributed by atoms with Crippen molar-refractivity contribution in [2.24, 2.45) is 5.73 Å². The van der Waals surface area contributed by atoms with Crippen LogP contribution in [0.2, 0.25) is 0 Å². The first kappa shape index (κ1) is 12.8. The molecule has 0 saturated heterocycles. The lowest BCUT2D eigenvalue weighted by Gasteiger charge is -2.14. The molecule has 0 saturated carbocycles. The Hall–Kier alpha value is -2.26. The molecule has 0 aliphatic carbocycles. The highest BCUT2D eigenvalue weighted by Crippen LogP contribution is 2.25. The smallest absolute Gasteiger partial charge is 0.0346 e. The highest BCUT2D eigenvalue weighted by Gasteiger charge is 2.09. The van der Waals surface area contributed by atoms with Crippen molar-refractivity contribution < 1.29 is 0 Å². The number of hydrogen-bond donors (Lipinski definition) is 1. The Morgan fingerprint density at radius 1 is 0.950 bits per heavy atom. The van der Waals surface area contributed by atoms with Gasteiger partial charge >= 0.3 is 0 Å². The summed E-state index contributed by atoms with van der Waals surface area (Å²) in [5.41, 5.74) is 8.78. The molecule has 1 aromatic carbocycles. The second kappa shape index (κ2) is 5.80. The molecule has 0 aliphatic rings. The fourth-order valence-corrected chi connectivity index (χ4v) is 2.49. The van der Waals surface area contributed by atoms with Crippen molar-refractivity contribution in [2.45, 2.75) is 18.9 Å². The average molecular weight is 263 g/mol. The van der Waals surface area contributed by atoms with Crippen LogP contribution in [0.25, 0.3) is 10.8 Å². The summed E-state index contributed by atoms with van der Waals surface area (Å²) in [6, 6.07) is 12.3. The lowest BCUT2D eigenvalue weighted by atomic mass is 9.96. The fraction of sp³-hybridized carbons (Fsp3) is 0.176. The van der Waals surface area contributed by atoms with Crippen molar-refractivity contribution in [3.63, 3.8) is 0 Å². The summed E-state index contributed by atoms with van der Waals surface area (Å²) < 4.78 is 0. The second-order valence-corrected chi connectivity index (χ2v) is 4.95. The molecule has 0 bridgehead atoms. The van der Waals surface area contributed by atoms with E-state index in [1.807, 2.05) is 36.8 Å². The summed E-state index contributed by atoms with van der Waals surface area (Å²) in [5, 5.41) is 2.34. The van der Waals surface area contributed by atoms with E-state index < -0.39 is 0 Å². The quantitative estimate of drug-likeness (QED) is 0.786. The van der Waals surface area contributed by atoms with Crippen molar-refractivity contribution in [3.05, 3.63) is 72.3 Å². The van der Waals surface area contributed by atoms with Crippen LogP contribution in [0.5, 0.6) is 0 Å². The van der Waals surface area contributed by atoms with Crippen LogP contribution in [-0.4, -0.2) is 9.97 Å². The number of fused-ring (bicyclic) bond motifs is 1. The van der Waals surface area contributed by atoms with E-state index in [0.717, 1.165) is 18.2 Å². The summed E-state index contributed by atoms with van der Waals surface area (Å²) >= 11 is 0. The Morgan fingerprint density at radius 3 is 2.70 bits per heavy atom. The largest absolute Gasteiger partial charge is 0.324 e. The summed E-state index contributed by atoms with van der Waals surface area (Å²) in [6.07, 6.45) is 9.25. The predicted molar refractivity (Wildman–Crippen MR) is 81.2 cm³/mol. The minimum Gasteiger partial charge on any atom is -0.324 e. The molecule has 2 aromatic heterocycles. The minimum atomic E-state index is 0.0290. The van der Waals surface area contributed by atoms with Crippen LogP contribution in [0.15, 0.2) is 61.2 Å². The van der Waals surface area contributed by atoms with Crippen LogP contribution in [0.1, 0.15) is 23.6 Å². The molecule has 3 aromatic rings. The van der Waals surface area contributed by atoms with Crippen LogP contribution in [0.4, 0.5) is 0 Å². The Balaban J connectivity index is 1.80. The highest BCUT2D eigenvalue weighted by atomic mass is 14.6. The van der Waals surface area contributed by atoms with Gasteiger partial charge in [0.2, 0.25) is 0 Å². The molecule has 100 valence electrons. The minimum absolute atomic E-state index is 0.0290. The van der Waals surface area contributed by atoms with Gasteiger partial charge in [-0.3, -0.25) is 9.97 Å². The number of nitrogens with zero attached hydrogens (tertiary/aromatic N) is 2. The molecule has 0 radical (unpaired) electrons. The zero-order valence-electron chi connectivity index (χ0n) is 11.2. The molecule has 1 atom stereocenters. The maximum atomic E-state index is 6.37. The van der Waals surface area contributed by atoms with Gasteiger partial charge in [0.15, 0.2) is 0 Å². The lowest BCUT2D eigenvalue weighted by molar-refractivity contribution is 0.655. The van der Waals surface area contributed by atoms with Gasteiger partial charge in [0.25, 0.3) is 0 Å². The molecule has 0 aliphatic heterocycles. The zero-order chi connectivity index (χ0) is 13.8. The Bertz CT molecular complexity index is 689. The molecule has 20 heavy (non-hydrogen) atoms. The van der Waals surface area contributed by atoms with E-state index >= 15 is 0 Å². The van der Waals surface area contributed by atoms with Crippen molar-refractivity contribution in [3.8, 4) is 0 Å². The number of rotatable bonds is 4. The van der Waals surface area contributed by atoms with Gasteiger partial charge in [-0.1, -0.05) is 24.3 Å². The van der Waals surface area contributed by atoms with Crippen LogP contribution in [0.3, 0.4) is 0 Å². The third-order valence-electron chi connectivity index (χ3n) is 3.58. The van der Waals surface area contributed by atoms with E-state index in [-0.39, 0.29) is 6.04 Å². The van der Waals surface area contributed by atoms with Crippen LogP contribution >= 0.6 is 0 Å². The van der Waals surface area contributed by atoms with E-state index in [2.05, 4.69) is 28.2 Å². The van der Waals surface area contributed by atoms with Gasteiger partial charge in [-0.05, 0) is 41.5 Å². The molecular weight excluding hydrogens is 246 g/mol. The van der Waals surface area contributed by atoms with Crippen LogP contribution in [0, 0.1) is 0 Å². The van der Waals surface area contributed by atoms with Gasteiger partial charge in [-0.15, -0.1) is 0 Å². The predicted octanol–water partition coefficient (Wildman–Crippen LogP) is 3.26. The number of benzene rings is 1. The molecule has 0 spiro atoms. The van der Waals surface area contributed by atoms with Gasteiger partial charge in [0, 0.05) is 36.2 Å². The molecule has 0 amide bonds. The van der Waals surface area contributed by atoms with E-state index in [9.17, 15) is 0 Å². The highest BCUT2D eigenvalue weighted by molar-refractivity contribution is 5.85.